The highest BCUT2D eigenvalue weighted by molar-refractivity contribution is 7.92. The molecule has 0 fully saturated rings. The zero-order valence-corrected chi connectivity index (χ0v) is 23.5. The summed E-state index contributed by atoms with van der Waals surface area (Å²) in [5, 5.41) is 3.36. The van der Waals surface area contributed by atoms with Crippen molar-refractivity contribution in [3.63, 3.8) is 0 Å². The summed E-state index contributed by atoms with van der Waals surface area (Å²) in [4.78, 5) is 29.0. The Labute approximate surface area is 230 Å². The number of nitrogens with zero attached hydrogens (tertiary/aromatic N) is 2. The molecule has 2 unspecified atom stereocenters. The SMILES string of the molecule is CCC(C)NC(=O)C(Cc1ccccc1)N(Cc1ccccc1)C(=O)CN(c1cccc(Cl)c1)S(C)(=O)=O. The van der Waals surface area contributed by atoms with Crippen molar-refractivity contribution in [1.82, 2.24) is 10.2 Å². The van der Waals surface area contributed by atoms with Gasteiger partial charge in [0.1, 0.15) is 12.6 Å². The van der Waals surface area contributed by atoms with E-state index in [0.717, 1.165) is 28.1 Å². The van der Waals surface area contributed by atoms with Crippen molar-refractivity contribution in [3.05, 3.63) is 101 Å². The standard InChI is InChI=1S/C29H34ClN3O4S/c1-4-22(2)31-29(35)27(18-23-12-7-5-8-13-23)32(20-24-14-9-6-10-15-24)28(34)21-33(38(3,36)37)26-17-11-16-25(30)19-26/h5-17,19,22,27H,4,18,20-21H2,1-3H3,(H,31,35). The predicted molar refractivity (Wildman–Crippen MR) is 152 cm³/mol. The Balaban J connectivity index is 2.04. The molecule has 2 atom stereocenters. The third-order valence-corrected chi connectivity index (χ3v) is 7.62. The van der Waals surface area contributed by atoms with E-state index in [1.165, 1.54) is 11.0 Å². The van der Waals surface area contributed by atoms with Gasteiger partial charge in [-0.3, -0.25) is 13.9 Å². The predicted octanol–water partition coefficient (Wildman–Crippen LogP) is 4.66. The summed E-state index contributed by atoms with van der Waals surface area (Å²) in [7, 11) is -3.84. The largest absolute Gasteiger partial charge is 0.352 e. The van der Waals surface area contributed by atoms with Gasteiger partial charge in [-0.2, -0.15) is 0 Å². The number of anilines is 1. The zero-order chi connectivity index (χ0) is 27.7. The fourth-order valence-corrected chi connectivity index (χ4v) is 5.05. The molecule has 3 aromatic carbocycles. The molecular weight excluding hydrogens is 522 g/mol. The number of carbonyl (C=O) groups excluding carboxylic acids is 2. The molecule has 0 aliphatic carbocycles. The van der Waals surface area contributed by atoms with Gasteiger partial charge in [0.25, 0.3) is 0 Å². The molecule has 1 N–H and O–H groups in total. The van der Waals surface area contributed by atoms with Crippen LogP contribution in [-0.4, -0.2) is 50.0 Å². The molecule has 0 bridgehead atoms. The summed E-state index contributed by atoms with van der Waals surface area (Å²) < 4.78 is 26.6. The maximum atomic E-state index is 14.0. The lowest BCUT2D eigenvalue weighted by atomic mass is 10.0. The van der Waals surface area contributed by atoms with E-state index in [-0.39, 0.29) is 30.6 Å². The summed E-state index contributed by atoms with van der Waals surface area (Å²) in [5.41, 5.74) is 1.98. The number of hydrogen-bond acceptors (Lipinski definition) is 4. The van der Waals surface area contributed by atoms with Crippen LogP contribution in [0, 0.1) is 0 Å². The first-order valence-corrected chi connectivity index (χ1v) is 14.7. The molecule has 0 spiro atoms. The summed E-state index contributed by atoms with van der Waals surface area (Å²) in [6.45, 7) is 3.54. The Morgan fingerprint density at radius 2 is 1.53 bits per heavy atom. The maximum Gasteiger partial charge on any atom is 0.244 e. The van der Waals surface area contributed by atoms with E-state index in [4.69, 9.17) is 11.6 Å². The van der Waals surface area contributed by atoms with Crippen LogP contribution in [-0.2, 0) is 32.6 Å². The zero-order valence-electron chi connectivity index (χ0n) is 21.9. The Bertz CT molecular complexity index is 1320. The van der Waals surface area contributed by atoms with Gasteiger partial charge in [0.2, 0.25) is 21.8 Å². The molecule has 3 aromatic rings. The smallest absolute Gasteiger partial charge is 0.244 e. The Morgan fingerprint density at radius 1 is 0.921 bits per heavy atom. The lowest BCUT2D eigenvalue weighted by Gasteiger charge is -2.34. The van der Waals surface area contributed by atoms with E-state index < -0.39 is 28.5 Å². The third kappa shape index (κ3) is 8.33. The molecule has 7 nitrogen and oxygen atoms in total. The Morgan fingerprint density at radius 3 is 2.08 bits per heavy atom. The number of amides is 2. The number of benzene rings is 3. The highest BCUT2D eigenvalue weighted by Crippen LogP contribution is 2.23. The molecule has 0 aliphatic heterocycles. The van der Waals surface area contributed by atoms with Crippen molar-refractivity contribution in [2.45, 2.75) is 45.3 Å². The van der Waals surface area contributed by atoms with Crippen LogP contribution in [0.3, 0.4) is 0 Å². The van der Waals surface area contributed by atoms with Crippen molar-refractivity contribution in [2.24, 2.45) is 0 Å². The summed E-state index contributed by atoms with van der Waals surface area (Å²) in [6.07, 6.45) is 2.05. The normalized spacial score (nSPS) is 12.8. The first kappa shape index (κ1) is 29.2. The van der Waals surface area contributed by atoms with E-state index in [9.17, 15) is 18.0 Å². The van der Waals surface area contributed by atoms with Crippen molar-refractivity contribution in [1.29, 1.82) is 0 Å². The summed E-state index contributed by atoms with van der Waals surface area (Å²) in [6, 6.07) is 24.2. The molecule has 0 heterocycles. The van der Waals surface area contributed by atoms with Crippen LogP contribution >= 0.6 is 11.6 Å². The quantitative estimate of drug-likeness (QED) is 0.352. The Hall–Kier alpha value is -3.36. The number of sulfonamides is 1. The Kier molecular flexibility index (Phi) is 10.3. The van der Waals surface area contributed by atoms with Gasteiger partial charge in [0.05, 0.1) is 11.9 Å². The van der Waals surface area contributed by atoms with Gasteiger partial charge < -0.3 is 10.2 Å². The van der Waals surface area contributed by atoms with Crippen LogP contribution in [0.4, 0.5) is 5.69 Å². The van der Waals surface area contributed by atoms with Gasteiger partial charge in [-0.15, -0.1) is 0 Å². The highest BCUT2D eigenvalue weighted by atomic mass is 35.5. The minimum absolute atomic E-state index is 0.0894. The van der Waals surface area contributed by atoms with E-state index >= 15 is 0 Å². The molecule has 38 heavy (non-hydrogen) atoms. The van der Waals surface area contributed by atoms with E-state index in [0.29, 0.717) is 5.02 Å². The first-order valence-electron chi connectivity index (χ1n) is 12.5. The second-order valence-corrected chi connectivity index (χ2v) is 11.6. The van der Waals surface area contributed by atoms with E-state index in [1.807, 2.05) is 74.5 Å². The third-order valence-electron chi connectivity index (χ3n) is 6.24. The highest BCUT2D eigenvalue weighted by Gasteiger charge is 2.33. The van der Waals surface area contributed by atoms with Crippen LogP contribution in [0.1, 0.15) is 31.4 Å². The molecule has 0 saturated carbocycles. The molecule has 2 amide bonds. The fraction of sp³-hybridized carbons (Fsp3) is 0.310. The molecule has 0 aromatic heterocycles. The summed E-state index contributed by atoms with van der Waals surface area (Å²) in [5.74, 6) is -0.791. The van der Waals surface area contributed by atoms with Crippen LogP contribution in [0.2, 0.25) is 5.02 Å². The molecule has 0 aliphatic rings. The average Bonchev–Trinajstić information content (AvgIpc) is 2.89. The fourth-order valence-electron chi connectivity index (χ4n) is 4.02. The average molecular weight is 556 g/mol. The van der Waals surface area contributed by atoms with E-state index in [1.54, 1.807) is 18.2 Å². The second kappa shape index (κ2) is 13.4. The van der Waals surface area contributed by atoms with Gasteiger partial charge in [0, 0.05) is 24.0 Å². The number of carbonyl (C=O) groups is 2. The van der Waals surface area contributed by atoms with Crippen LogP contribution in [0.15, 0.2) is 84.9 Å². The summed E-state index contributed by atoms with van der Waals surface area (Å²) >= 11 is 6.12. The minimum atomic E-state index is -3.84. The minimum Gasteiger partial charge on any atom is -0.352 e. The molecular formula is C29H34ClN3O4S. The van der Waals surface area contributed by atoms with Gasteiger partial charge >= 0.3 is 0 Å². The topological polar surface area (TPSA) is 86.8 Å². The van der Waals surface area contributed by atoms with Crippen molar-refractivity contribution < 1.29 is 18.0 Å². The van der Waals surface area contributed by atoms with Gasteiger partial charge in [0.15, 0.2) is 0 Å². The maximum absolute atomic E-state index is 14.0. The number of nitrogens with one attached hydrogen (secondary N) is 1. The monoisotopic (exact) mass is 555 g/mol. The number of hydrogen-bond donors (Lipinski definition) is 1. The van der Waals surface area contributed by atoms with Crippen molar-refractivity contribution >= 4 is 39.1 Å². The molecule has 3 rings (SSSR count). The number of halogens is 1. The van der Waals surface area contributed by atoms with Crippen LogP contribution in [0.25, 0.3) is 0 Å². The van der Waals surface area contributed by atoms with Gasteiger partial charge in [-0.25, -0.2) is 8.42 Å². The molecule has 0 radical (unpaired) electrons. The second-order valence-electron chi connectivity index (χ2n) is 9.28. The van der Waals surface area contributed by atoms with Crippen molar-refractivity contribution in [2.75, 3.05) is 17.1 Å². The van der Waals surface area contributed by atoms with Crippen molar-refractivity contribution in [3.8, 4) is 0 Å². The van der Waals surface area contributed by atoms with Crippen LogP contribution in [0.5, 0.6) is 0 Å². The van der Waals surface area contributed by atoms with Gasteiger partial charge in [-0.1, -0.05) is 85.3 Å². The first-order chi connectivity index (χ1) is 18.1. The van der Waals surface area contributed by atoms with Crippen LogP contribution < -0.4 is 9.62 Å². The van der Waals surface area contributed by atoms with Gasteiger partial charge in [-0.05, 0) is 42.7 Å². The number of rotatable bonds is 12. The lowest BCUT2D eigenvalue weighted by molar-refractivity contribution is -0.140. The molecule has 9 heteroatoms. The van der Waals surface area contributed by atoms with E-state index in [2.05, 4.69) is 5.32 Å². The lowest BCUT2D eigenvalue weighted by Crippen LogP contribution is -2.54. The molecule has 0 saturated heterocycles. The molecule has 202 valence electrons.